The van der Waals surface area contributed by atoms with E-state index in [0.29, 0.717) is 59.0 Å². The Labute approximate surface area is 292 Å². The molecule has 3 aliphatic rings. The van der Waals surface area contributed by atoms with Crippen LogP contribution >= 0.6 is 11.3 Å². The fourth-order valence-electron chi connectivity index (χ4n) is 6.99. The lowest BCUT2D eigenvalue weighted by Gasteiger charge is -2.23. The second-order valence-electron chi connectivity index (χ2n) is 14.2. The number of benzene rings is 2. The Morgan fingerprint density at radius 2 is 1.88 bits per heavy atom. The van der Waals surface area contributed by atoms with Gasteiger partial charge in [0, 0.05) is 53.9 Å². The Bertz CT molecular complexity index is 2110. The fourth-order valence-corrected chi connectivity index (χ4v) is 8.04. The van der Waals surface area contributed by atoms with Crippen molar-refractivity contribution in [1.82, 2.24) is 19.8 Å². The highest BCUT2D eigenvalue weighted by Gasteiger charge is 2.36. The predicted molar refractivity (Wildman–Crippen MR) is 187 cm³/mol. The maximum Gasteiger partial charge on any atom is 0.412 e. The molecule has 7 rings (SSSR count). The minimum absolute atomic E-state index is 0.0149. The third kappa shape index (κ3) is 5.84. The molecule has 0 bridgehead atoms. The predicted octanol–water partition coefficient (Wildman–Crippen LogP) is 5.82. The molecule has 0 radical (unpaired) electrons. The van der Waals surface area contributed by atoms with E-state index >= 15 is 8.78 Å². The summed E-state index contributed by atoms with van der Waals surface area (Å²) in [5.41, 5.74) is -0.0523. The SMILES string of the molecule is CN1CC[C@@H](Nc2nc(N3CC[C@H](N(C)C)C3)nc3c(F)c(-c4c(F)ccc5sc(NC(=O)OC(C)(C)C)c(C#N)c45)c4c(c23)COC4)C1=O. The molecule has 2 amide bonds. The maximum absolute atomic E-state index is 17.4. The average molecular weight is 705 g/mol. The van der Waals surface area contributed by atoms with Crippen LogP contribution < -0.4 is 15.5 Å². The average Bonchev–Trinajstić information content (AvgIpc) is 3.85. The number of carbonyl (C=O) groups is 2. The molecule has 2 fully saturated rings. The molecular weight excluding hydrogens is 666 g/mol. The van der Waals surface area contributed by atoms with Gasteiger partial charge in [0.15, 0.2) is 5.82 Å². The highest BCUT2D eigenvalue weighted by atomic mass is 32.1. The van der Waals surface area contributed by atoms with Crippen molar-refractivity contribution in [3.05, 3.63) is 40.5 Å². The first kappa shape index (κ1) is 33.8. The number of rotatable bonds is 6. The van der Waals surface area contributed by atoms with Crippen LogP contribution in [0.1, 0.15) is 50.3 Å². The molecule has 5 heterocycles. The number of nitrogens with one attached hydrogen (secondary N) is 2. The minimum atomic E-state index is -0.794. The summed E-state index contributed by atoms with van der Waals surface area (Å²) in [4.78, 5) is 41.1. The first-order valence-electron chi connectivity index (χ1n) is 16.5. The molecular formula is C35H38F2N8O4S. The lowest BCUT2D eigenvalue weighted by molar-refractivity contribution is -0.127. The normalized spacial score (nSPS) is 19.2. The minimum Gasteiger partial charge on any atom is -0.444 e. The smallest absolute Gasteiger partial charge is 0.412 e. The quantitative estimate of drug-likeness (QED) is 0.253. The van der Waals surface area contributed by atoms with Crippen molar-refractivity contribution in [2.75, 3.05) is 56.3 Å². The number of hydrogen-bond acceptors (Lipinski definition) is 11. The van der Waals surface area contributed by atoms with Crippen LogP contribution in [-0.2, 0) is 27.5 Å². The first-order valence-corrected chi connectivity index (χ1v) is 17.3. The summed E-state index contributed by atoms with van der Waals surface area (Å²) in [7, 11) is 5.74. The van der Waals surface area contributed by atoms with Gasteiger partial charge < -0.3 is 29.5 Å². The summed E-state index contributed by atoms with van der Waals surface area (Å²) in [5.74, 6) is -1.03. The van der Waals surface area contributed by atoms with Crippen LogP contribution in [-0.4, -0.2) is 90.2 Å². The molecule has 12 nitrogen and oxygen atoms in total. The third-order valence-electron chi connectivity index (χ3n) is 9.48. The van der Waals surface area contributed by atoms with Gasteiger partial charge >= 0.3 is 6.09 Å². The van der Waals surface area contributed by atoms with Crippen LogP contribution in [0.5, 0.6) is 0 Å². The number of ether oxygens (including phenoxy) is 2. The monoisotopic (exact) mass is 704 g/mol. The van der Waals surface area contributed by atoms with E-state index in [1.807, 2.05) is 19.0 Å². The molecule has 0 saturated carbocycles. The van der Waals surface area contributed by atoms with E-state index < -0.39 is 29.4 Å². The molecule has 0 unspecified atom stereocenters. The Morgan fingerprint density at radius 1 is 1.12 bits per heavy atom. The number of carbonyl (C=O) groups excluding carboxylic acids is 2. The van der Waals surface area contributed by atoms with E-state index in [4.69, 9.17) is 19.4 Å². The number of thiophene rings is 1. The number of likely N-dealkylation sites (tertiary alicyclic amines) is 1. The Balaban J connectivity index is 1.45. The van der Waals surface area contributed by atoms with Crippen molar-refractivity contribution >= 4 is 61.1 Å². The van der Waals surface area contributed by atoms with Crippen molar-refractivity contribution in [1.29, 1.82) is 5.26 Å². The Morgan fingerprint density at radius 3 is 2.54 bits per heavy atom. The standard InChI is InChI=1S/C35H38F2N8O4S/c1-35(2,3)49-34(47)42-31-18(13-38)24-23(50-31)8-7-21(36)27(24)25-19-15-48-16-20(19)26-29(28(25)37)40-33(45-12-9-17(14-45)43(4)5)41-30(26)39-22-10-11-44(6)32(22)46/h7-8,17,22H,9-12,14-16H2,1-6H3,(H,42,47)(H,39,40,41)/t17-,22+/m0/s1. The van der Waals surface area contributed by atoms with Crippen LogP contribution in [0.3, 0.4) is 0 Å². The number of hydrogen-bond donors (Lipinski definition) is 2. The molecule has 2 aromatic carbocycles. The second-order valence-corrected chi connectivity index (χ2v) is 15.2. The van der Waals surface area contributed by atoms with Crippen molar-refractivity contribution < 1.29 is 27.8 Å². The van der Waals surface area contributed by atoms with Gasteiger partial charge in [0.25, 0.3) is 0 Å². The van der Waals surface area contributed by atoms with E-state index in [-0.39, 0.29) is 57.8 Å². The zero-order valence-corrected chi connectivity index (χ0v) is 29.6. The number of halogens is 2. The van der Waals surface area contributed by atoms with Gasteiger partial charge in [-0.05, 0) is 71.0 Å². The van der Waals surface area contributed by atoms with E-state index in [2.05, 4.69) is 21.6 Å². The largest absolute Gasteiger partial charge is 0.444 e. The third-order valence-corrected chi connectivity index (χ3v) is 10.6. The lowest BCUT2D eigenvalue weighted by Crippen LogP contribution is -2.33. The van der Waals surface area contributed by atoms with E-state index in [9.17, 15) is 14.9 Å². The van der Waals surface area contributed by atoms with Gasteiger partial charge in [-0.1, -0.05) is 0 Å². The van der Waals surface area contributed by atoms with Crippen molar-refractivity contribution in [3.8, 4) is 17.2 Å². The molecule has 0 spiro atoms. The summed E-state index contributed by atoms with van der Waals surface area (Å²) in [5, 5.41) is 17.0. The molecule has 2 aromatic heterocycles. The topological polar surface area (TPSA) is 136 Å². The Hall–Kier alpha value is -4.65. The van der Waals surface area contributed by atoms with Gasteiger partial charge in [-0.25, -0.2) is 18.6 Å². The van der Waals surface area contributed by atoms with Crippen LogP contribution in [0, 0.1) is 23.0 Å². The van der Waals surface area contributed by atoms with Gasteiger partial charge in [-0.15, -0.1) is 11.3 Å². The first-order chi connectivity index (χ1) is 23.8. The lowest BCUT2D eigenvalue weighted by atomic mass is 9.90. The highest BCUT2D eigenvalue weighted by Crippen LogP contribution is 2.48. The van der Waals surface area contributed by atoms with Crippen LogP contribution in [0.2, 0.25) is 0 Å². The summed E-state index contributed by atoms with van der Waals surface area (Å²) < 4.78 is 45.4. The number of anilines is 3. The molecule has 2 atom stereocenters. The zero-order valence-electron chi connectivity index (χ0n) is 28.7. The number of amides is 2. The van der Waals surface area contributed by atoms with E-state index in [1.54, 1.807) is 32.7 Å². The number of likely N-dealkylation sites (N-methyl/N-ethyl adjacent to an activating group) is 2. The number of nitrogens with zero attached hydrogens (tertiary/aromatic N) is 6. The molecule has 0 aliphatic carbocycles. The fraction of sp³-hybridized carbons (Fsp3) is 0.457. The summed E-state index contributed by atoms with van der Waals surface area (Å²) >= 11 is 1.07. The Kier molecular flexibility index (Phi) is 8.52. The van der Waals surface area contributed by atoms with Gasteiger partial charge in [0.1, 0.15) is 39.9 Å². The maximum atomic E-state index is 17.4. The molecule has 2 saturated heterocycles. The molecule has 50 heavy (non-hydrogen) atoms. The second kappa shape index (κ2) is 12.6. The number of aromatic nitrogens is 2. The molecule has 15 heteroatoms. The van der Waals surface area contributed by atoms with Crippen molar-refractivity contribution in [3.63, 3.8) is 0 Å². The number of fused-ring (bicyclic) bond motifs is 4. The van der Waals surface area contributed by atoms with Gasteiger partial charge in [0.05, 0.1) is 24.2 Å². The van der Waals surface area contributed by atoms with Crippen molar-refractivity contribution in [2.45, 2.75) is 64.5 Å². The number of nitriles is 1. The van der Waals surface area contributed by atoms with Gasteiger partial charge in [-0.3, -0.25) is 10.1 Å². The summed E-state index contributed by atoms with van der Waals surface area (Å²) in [6.07, 6.45) is 0.629. The van der Waals surface area contributed by atoms with Crippen molar-refractivity contribution in [2.24, 2.45) is 0 Å². The molecule has 3 aliphatic heterocycles. The summed E-state index contributed by atoms with van der Waals surface area (Å²) in [6, 6.07) is 4.51. The van der Waals surface area contributed by atoms with E-state index in [1.165, 1.54) is 12.1 Å². The summed E-state index contributed by atoms with van der Waals surface area (Å²) in [6.45, 7) is 7.03. The van der Waals surface area contributed by atoms with Crippen LogP contribution in [0.4, 0.5) is 30.3 Å². The zero-order chi connectivity index (χ0) is 35.6. The van der Waals surface area contributed by atoms with E-state index in [0.717, 1.165) is 17.8 Å². The molecule has 4 aromatic rings. The van der Waals surface area contributed by atoms with Gasteiger partial charge in [0.2, 0.25) is 11.9 Å². The van der Waals surface area contributed by atoms with Crippen LogP contribution in [0.15, 0.2) is 12.1 Å². The van der Waals surface area contributed by atoms with Crippen LogP contribution in [0.25, 0.3) is 32.1 Å². The molecule has 2 N–H and O–H groups in total. The highest BCUT2D eigenvalue weighted by molar-refractivity contribution is 7.23. The van der Waals surface area contributed by atoms with Gasteiger partial charge in [-0.2, -0.15) is 10.2 Å². The molecule has 262 valence electrons.